The van der Waals surface area contributed by atoms with Gasteiger partial charge < -0.3 is 0 Å². The van der Waals surface area contributed by atoms with Gasteiger partial charge in [-0.2, -0.15) is 0 Å². The monoisotopic (exact) mass is 286 g/mol. The van der Waals surface area contributed by atoms with Gasteiger partial charge >= 0.3 is 0 Å². The van der Waals surface area contributed by atoms with Crippen molar-refractivity contribution in [3.8, 4) is 0 Å². The molecule has 0 N–H and O–H groups in total. The zero-order valence-corrected chi connectivity index (χ0v) is 11.4. The topological polar surface area (TPSA) is 17.1 Å². The van der Waals surface area contributed by atoms with Crippen LogP contribution in [0.2, 0.25) is 0 Å². The molecule has 1 rings (SSSR count). The second kappa shape index (κ2) is 5.09. The molecular weight excluding hydrogens is 271 g/mol. The van der Waals surface area contributed by atoms with Gasteiger partial charge in [-0.1, -0.05) is 20.8 Å². The maximum absolute atomic E-state index is 13.0. The van der Waals surface area contributed by atoms with E-state index < -0.39 is 0 Å². The van der Waals surface area contributed by atoms with Crippen LogP contribution in [0.25, 0.3) is 0 Å². The maximum atomic E-state index is 13.0. The predicted octanol–water partition coefficient (Wildman–Crippen LogP) is 4.60. The molecule has 0 aromatic heterocycles. The van der Waals surface area contributed by atoms with Gasteiger partial charge in [-0.3, -0.25) is 4.79 Å². The minimum Gasteiger partial charge on any atom is -0.294 e. The van der Waals surface area contributed by atoms with Crippen LogP contribution in [0, 0.1) is 11.2 Å². The van der Waals surface area contributed by atoms with Crippen molar-refractivity contribution < 1.29 is 9.18 Å². The molecule has 1 aromatic carbocycles. The second-order valence-corrected chi connectivity index (χ2v) is 5.97. The van der Waals surface area contributed by atoms with Crippen molar-refractivity contribution >= 4 is 21.7 Å². The standard InChI is InChI=1S/C13H16BrFO/c1-13(2,3)7-6-12(16)9-4-5-11(15)10(14)8-9/h4-5,8H,6-7H2,1-3H3. The zero-order valence-electron chi connectivity index (χ0n) is 9.81. The lowest BCUT2D eigenvalue weighted by Gasteiger charge is -2.17. The number of hydrogen-bond acceptors (Lipinski definition) is 1. The highest BCUT2D eigenvalue weighted by Gasteiger charge is 2.14. The molecule has 1 aromatic rings. The van der Waals surface area contributed by atoms with Gasteiger partial charge in [0.25, 0.3) is 0 Å². The quantitative estimate of drug-likeness (QED) is 0.743. The zero-order chi connectivity index (χ0) is 12.3. The van der Waals surface area contributed by atoms with Crippen molar-refractivity contribution in [2.45, 2.75) is 33.6 Å². The third kappa shape index (κ3) is 4.05. The van der Waals surface area contributed by atoms with Gasteiger partial charge in [0.15, 0.2) is 5.78 Å². The number of benzene rings is 1. The van der Waals surface area contributed by atoms with Crippen LogP contribution in [0.4, 0.5) is 4.39 Å². The molecule has 0 saturated carbocycles. The summed E-state index contributed by atoms with van der Waals surface area (Å²) in [5.74, 6) is -0.275. The van der Waals surface area contributed by atoms with E-state index in [1.54, 1.807) is 6.07 Å². The molecule has 0 atom stereocenters. The molecule has 0 fully saturated rings. The summed E-state index contributed by atoms with van der Waals surface area (Å²) in [7, 11) is 0. The fraction of sp³-hybridized carbons (Fsp3) is 0.462. The summed E-state index contributed by atoms with van der Waals surface area (Å²) in [5.41, 5.74) is 0.713. The van der Waals surface area contributed by atoms with Gasteiger partial charge in [-0.25, -0.2) is 4.39 Å². The van der Waals surface area contributed by atoms with Crippen LogP contribution in [0.5, 0.6) is 0 Å². The lowest BCUT2D eigenvalue weighted by Crippen LogP contribution is -2.09. The molecule has 0 saturated heterocycles. The van der Waals surface area contributed by atoms with Gasteiger partial charge in [0.1, 0.15) is 5.82 Å². The molecule has 16 heavy (non-hydrogen) atoms. The van der Waals surface area contributed by atoms with E-state index in [2.05, 4.69) is 36.7 Å². The first-order valence-corrected chi connectivity index (χ1v) is 6.07. The average molecular weight is 287 g/mol. The molecule has 0 aliphatic carbocycles. The van der Waals surface area contributed by atoms with E-state index in [1.807, 2.05) is 0 Å². The Morgan fingerprint density at radius 1 is 1.38 bits per heavy atom. The number of carbonyl (C=O) groups is 1. The van der Waals surface area contributed by atoms with E-state index in [9.17, 15) is 9.18 Å². The fourth-order valence-corrected chi connectivity index (χ4v) is 1.68. The predicted molar refractivity (Wildman–Crippen MR) is 67.1 cm³/mol. The Labute approximate surface area is 104 Å². The minimum absolute atomic E-state index is 0.0654. The van der Waals surface area contributed by atoms with Crippen molar-refractivity contribution in [1.29, 1.82) is 0 Å². The summed E-state index contributed by atoms with van der Waals surface area (Å²) in [4.78, 5) is 11.8. The largest absolute Gasteiger partial charge is 0.294 e. The lowest BCUT2D eigenvalue weighted by atomic mass is 9.88. The number of Topliss-reactive ketones (excluding diaryl/α,β-unsaturated/α-hetero) is 1. The number of carbonyl (C=O) groups excluding carboxylic acids is 1. The molecule has 0 heterocycles. The molecule has 0 aliphatic rings. The third-order valence-corrected chi connectivity index (χ3v) is 2.95. The molecule has 0 aliphatic heterocycles. The molecular formula is C13H16BrFO. The first-order chi connectivity index (χ1) is 7.29. The Kier molecular flexibility index (Phi) is 4.25. The Morgan fingerprint density at radius 3 is 2.50 bits per heavy atom. The Morgan fingerprint density at radius 2 is 2.00 bits per heavy atom. The highest BCUT2D eigenvalue weighted by molar-refractivity contribution is 9.10. The highest BCUT2D eigenvalue weighted by atomic mass is 79.9. The average Bonchev–Trinajstić information content (AvgIpc) is 2.17. The van der Waals surface area contributed by atoms with Gasteiger partial charge in [0.2, 0.25) is 0 Å². The summed E-state index contributed by atoms with van der Waals surface area (Å²) in [5, 5.41) is 0. The Bertz CT molecular complexity index is 393. The van der Waals surface area contributed by atoms with E-state index in [-0.39, 0.29) is 17.0 Å². The second-order valence-electron chi connectivity index (χ2n) is 5.11. The summed E-state index contributed by atoms with van der Waals surface area (Å²) in [6.45, 7) is 6.29. The van der Waals surface area contributed by atoms with Crippen molar-refractivity contribution in [3.63, 3.8) is 0 Å². The molecule has 0 radical (unpaired) electrons. The first kappa shape index (κ1) is 13.4. The lowest BCUT2D eigenvalue weighted by molar-refractivity contribution is 0.0966. The Hall–Kier alpha value is -0.700. The summed E-state index contributed by atoms with van der Waals surface area (Å²) in [6.07, 6.45) is 1.34. The molecule has 0 amide bonds. The van der Waals surface area contributed by atoms with Crippen LogP contribution in [0.15, 0.2) is 22.7 Å². The third-order valence-electron chi connectivity index (χ3n) is 2.34. The summed E-state index contributed by atoms with van der Waals surface area (Å²) in [6, 6.07) is 4.39. The fourth-order valence-electron chi connectivity index (χ4n) is 1.30. The van der Waals surface area contributed by atoms with E-state index >= 15 is 0 Å². The first-order valence-electron chi connectivity index (χ1n) is 5.28. The normalized spacial score (nSPS) is 11.6. The molecule has 1 nitrogen and oxygen atoms in total. The molecule has 0 unspecified atom stereocenters. The highest BCUT2D eigenvalue weighted by Crippen LogP contribution is 2.23. The van der Waals surface area contributed by atoms with Crippen LogP contribution >= 0.6 is 15.9 Å². The van der Waals surface area contributed by atoms with Crippen molar-refractivity contribution in [1.82, 2.24) is 0 Å². The van der Waals surface area contributed by atoms with Gasteiger partial charge in [-0.15, -0.1) is 0 Å². The molecule has 0 spiro atoms. The van der Waals surface area contributed by atoms with Crippen LogP contribution in [-0.2, 0) is 0 Å². The molecule has 0 bridgehead atoms. The number of hydrogen-bond donors (Lipinski definition) is 0. The summed E-state index contributed by atoms with van der Waals surface area (Å²) >= 11 is 3.08. The number of rotatable bonds is 3. The van der Waals surface area contributed by atoms with Gasteiger partial charge in [0, 0.05) is 12.0 Å². The van der Waals surface area contributed by atoms with Crippen LogP contribution in [-0.4, -0.2) is 5.78 Å². The smallest absolute Gasteiger partial charge is 0.162 e. The van der Waals surface area contributed by atoms with Crippen LogP contribution < -0.4 is 0 Å². The van der Waals surface area contributed by atoms with E-state index in [1.165, 1.54) is 12.1 Å². The van der Waals surface area contributed by atoms with Crippen molar-refractivity contribution in [3.05, 3.63) is 34.1 Å². The van der Waals surface area contributed by atoms with Gasteiger partial charge in [0.05, 0.1) is 4.47 Å². The van der Waals surface area contributed by atoms with Crippen molar-refractivity contribution in [2.24, 2.45) is 5.41 Å². The van der Waals surface area contributed by atoms with Crippen molar-refractivity contribution in [2.75, 3.05) is 0 Å². The molecule has 88 valence electrons. The van der Waals surface area contributed by atoms with Gasteiger partial charge in [-0.05, 0) is 46.0 Å². The minimum atomic E-state index is -0.340. The van der Waals surface area contributed by atoms with E-state index in [0.717, 1.165) is 6.42 Å². The molecule has 3 heteroatoms. The number of halogens is 2. The Balaban J connectivity index is 2.70. The van der Waals surface area contributed by atoms with Crippen LogP contribution in [0.3, 0.4) is 0 Å². The van der Waals surface area contributed by atoms with E-state index in [4.69, 9.17) is 0 Å². The summed E-state index contributed by atoms with van der Waals surface area (Å²) < 4.78 is 13.3. The van der Waals surface area contributed by atoms with Crippen LogP contribution in [0.1, 0.15) is 44.0 Å². The maximum Gasteiger partial charge on any atom is 0.162 e. The van der Waals surface area contributed by atoms with E-state index in [0.29, 0.717) is 16.5 Å². The SMILES string of the molecule is CC(C)(C)CCC(=O)c1ccc(F)c(Br)c1. The number of ketones is 1.